The Labute approximate surface area is 252 Å². The summed E-state index contributed by atoms with van der Waals surface area (Å²) in [5.41, 5.74) is 4.89. The van der Waals surface area contributed by atoms with Crippen molar-refractivity contribution in [2.45, 2.75) is 65.7 Å². The van der Waals surface area contributed by atoms with E-state index in [0.29, 0.717) is 16.4 Å². The van der Waals surface area contributed by atoms with E-state index in [-0.39, 0.29) is 23.0 Å². The Bertz CT molecular complexity index is 1570. The number of aryl methyl sites for hydroxylation is 3. The number of para-hydroxylation sites is 1. The van der Waals surface area contributed by atoms with Gasteiger partial charge in [0, 0.05) is 17.2 Å². The van der Waals surface area contributed by atoms with Gasteiger partial charge in [-0.3, -0.25) is 10.1 Å². The van der Waals surface area contributed by atoms with Gasteiger partial charge in [-0.2, -0.15) is 5.10 Å². The minimum atomic E-state index is -0.391. The topological polar surface area (TPSA) is 101 Å². The van der Waals surface area contributed by atoms with E-state index in [1.54, 1.807) is 4.68 Å². The molecule has 0 spiro atoms. The number of hydrogen-bond acceptors (Lipinski definition) is 6. The Morgan fingerprint density at radius 1 is 1.00 bits per heavy atom. The molecule has 9 heteroatoms. The smallest absolute Gasteiger partial charge is 0.317 e. The van der Waals surface area contributed by atoms with Gasteiger partial charge in [-0.25, -0.2) is 14.5 Å². The first kappa shape index (κ1) is 29.7. The number of anilines is 2. The molecular formula is C33H40N6O2S. The fraction of sp³-hybridized carbons (Fsp3) is 0.394. The molecule has 0 aliphatic carbocycles. The summed E-state index contributed by atoms with van der Waals surface area (Å²) >= 11 is 1.45. The SMILES string of the molecule is Cc1ccc(-n2nc(C(C)(C)C)cc2NC(=O)Nc2ccccc2C(C(=O)c2sc(C)nc2C)C2CCNCC2)cc1. The molecule has 1 atom stereocenters. The van der Waals surface area contributed by atoms with E-state index in [1.807, 2.05) is 75.4 Å². The number of thiazole rings is 1. The predicted octanol–water partition coefficient (Wildman–Crippen LogP) is 7.16. The molecule has 1 unspecified atom stereocenters. The van der Waals surface area contributed by atoms with Gasteiger partial charge in [-0.1, -0.05) is 56.7 Å². The molecule has 2 aromatic heterocycles. The number of nitrogens with zero attached hydrogens (tertiary/aromatic N) is 3. The Balaban J connectivity index is 1.46. The molecule has 4 aromatic rings. The highest BCUT2D eigenvalue weighted by Gasteiger charge is 2.35. The predicted molar refractivity (Wildman–Crippen MR) is 170 cm³/mol. The van der Waals surface area contributed by atoms with Gasteiger partial charge in [0.1, 0.15) is 5.82 Å². The van der Waals surface area contributed by atoms with Gasteiger partial charge in [0.25, 0.3) is 0 Å². The standard InChI is InChI=1S/C33H40N6O2S/c1-20-11-13-24(14-12-20)39-28(19-27(38-39)33(4,5)6)37-32(41)36-26-10-8-7-9-25(26)29(23-15-17-34-18-16-23)30(40)31-21(2)35-22(3)42-31/h7-14,19,23,29,34H,15-18H2,1-6H3,(H2,36,37,41). The normalized spacial score (nSPS) is 14.9. The minimum Gasteiger partial charge on any atom is -0.317 e. The van der Waals surface area contributed by atoms with E-state index < -0.39 is 6.03 Å². The zero-order valence-electron chi connectivity index (χ0n) is 25.2. The van der Waals surface area contributed by atoms with Crippen LogP contribution < -0.4 is 16.0 Å². The summed E-state index contributed by atoms with van der Waals surface area (Å²) in [5.74, 6) is 0.420. The van der Waals surface area contributed by atoms with E-state index >= 15 is 0 Å². The van der Waals surface area contributed by atoms with Crippen LogP contribution in [0.3, 0.4) is 0 Å². The third-order valence-electron chi connectivity index (χ3n) is 7.81. The maximum atomic E-state index is 14.1. The van der Waals surface area contributed by atoms with Crippen LogP contribution in [0.2, 0.25) is 0 Å². The average molecular weight is 585 g/mol. The monoisotopic (exact) mass is 584 g/mol. The molecule has 0 radical (unpaired) electrons. The van der Waals surface area contributed by atoms with Crippen LogP contribution in [0.4, 0.5) is 16.3 Å². The molecule has 42 heavy (non-hydrogen) atoms. The van der Waals surface area contributed by atoms with Gasteiger partial charge >= 0.3 is 6.03 Å². The van der Waals surface area contributed by atoms with Crippen molar-refractivity contribution >= 4 is 34.7 Å². The number of benzene rings is 2. The van der Waals surface area contributed by atoms with E-state index in [4.69, 9.17) is 5.10 Å². The summed E-state index contributed by atoms with van der Waals surface area (Å²) in [6.45, 7) is 13.9. The van der Waals surface area contributed by atoms with Crippen LogP contribution in [0, 0.1) is 26.7 Å². The molecule has 220 valence electrons. The largest absolute Gasteiger partial charge is 0.324 e. The van der Waals surface area contributed by atoms with Crippen molar-refractivity contribution in [3.05, 3.63) is 87.0 Å². The first-order valence-corrected chi connectivity index (χ1v) is 15.4. The Kier molecular flexibility index (Phi) is 8.61. The number of Topliss-reactive ketones (excluding diaryl/α,β-unsaturated/α-hetero) is 1. The van der Waals surface area contributed by atoms with Crippen molar-refractivity contribution in [3.63, 3.8) is 0 Å². The number of piperidine rings is 1. The molecule has 1 saturated heterocycles. The Morgan fingerprint density at radius 3 is 2.33 bits per heavy atom. The molecule has 1 aliphatic rings. The second-order valence-corrected chi connectivity index (χ2v) is 13.4. The van der Waals surface area contributed by atoms with Gasteiger partial charge in [0.15, 0.2) is 5.78 Å². The van der Waals surface area contributed by atoms with E-state index in [9.17, 15) is 9.59 Å². The van der Waals surface area contributed by atoms with Crippen LogP contribution >= 0.6 is 11.3 Å². The summed E-state index contributed by atoms with van der Waals surface area (Å²) in [6, 6.07) is 17.2. The summed E-state index contributed by atoms with van der Waals surface area (Å²) in [4.78, 5) is 32.9. The molecule has 0 saturated carbocycles. The minimum absolute atomic E-state index is 0.0759. The molecule has 2 amide bonds. The van der Waals surface area contributed by atoms with Gasteiger partial charge < -0.3 is 10.6 Å². The number of nitrogens with one attached hydrogen (secondary N) is 3. The first-order valence-electron chi connectivity index (χ1n) is 14.5. The molecule has 2 aromatic carbocycles. The van der Waals surface area contributed by atoms with Crippen molar-refractivity contribution in [2.24, 2.45) is 5.92 Å². The van der Waals surface area contributed by atoms with Gasteiger partial charge in [0.05, 0.1) is 32.9 Å². The highest BCUT2D eigenvalue weighted by atomic mass is 32.1. The van der Waals surface area contributed by atoms with Crippen LogP contribution in [0.25, 0.3) is 5.69 Å². The summed E-state index contributed by atoms with van der Waals surface area (Å²) < 4.78 is 1.77. The lowest BCUT2D eigenvalue weighted by atomic mass is 9.77. The molecule has 1 fully saturated rings. The number of rotatable bonds is 7. The highest BCUT2D eigenvalue weighted by Crippen LogP contribution is 2.39. The van der Waals surface area contributed by atoms with E-state index in [1.165, 1.54) is 11.3 Å². The number of hydrogen-bond donors (Lipinski definition) is 3. The zero-order chi connectivity index (χ0) is 30.0. The van der Waals surface area contributed by atoms with Crippen molar-refractivity contribution in [1.29, 1.82) is 0 Å². The molecule has 3 heterocycles. The van der Waals surface area contributed by atoms with Crippen LogP contribution in [0.1, 0.15) is 76.7 Å². The zero-order valence-corrected chi connectivity index (χ0v) is 26.1. The molecule has 1 aliphatic heterocycles. The number of amides is 2. The van der Waals surface area contributed by atoms with Gasteiger partial charge in [-0.15, -0.1) is 11.3 Å². The second kappa shape index (κ2) is 12.2. The van der Waals surface area contributed by atoms with Crippen LogP contribution in [-0.2, 0) is 5.41 Å². The van der Waals surface area contributed by atoms with Crippen LogP contribution in [-0.4, -0.2) is 39.7 Å². The molecule has 8 nitrogen and oxygen atoms in total. The molecular weight excluding hydrogens is 544 g/mol. The second-order valence-electron chi connectivity index (χ2n) is 12.2. The van der Waals surface area contributed by atoms with Gasteiger partial charge in [-0.05, 0) is 76.4 Å². The summed E-state index contributed by atoms with van der Waals surface area (Å²) in [5, 5.41) is 15.2. The maximum Gasteiger partial charge on any atom is 0.324 e. The summed E-state index contributed by atoms with van der Waals surface area (Å²) in [6.07, 6.45) is 1.78. The fourth-order valence-corrected chi connectivity index (χ4v) is 6.46. The number of urea groups is 1. The lowest BCUT2D eigenvalue weighted by Gasteiger charge is -2.31. The summed E-state index contributed by atoms with van der Waals surface area (Å²) in [7, 11) is 0. The third-order valence-corrected chi connectivity index (χ3v) is 8.89. The number of aromatic nitrogens is 3. The molecule has 0 bridgehead atoms. The first-order chi connectivity index (χ1) is 20.0. The maximum absolute atomic E-state index is 14.1. The van der Waals surface area contributed by atoms with E-state index in [2.05, 4.69) is 41.7 Å². The molecule has 5 rings (SSSR count). The van der Waals surface area contributed by atoms with Crippen molar-refractivity contribution < 1.29 is 9.59 Å². The van der Waals surface area contributed by atoms with Crippen molar-refractivity contribution in [2.75, 3.05) is 23.7 Å². The number of carbonyl (C=O) groups excluding carboxylic acids is 2. The Morgan fingerprint density at radius 2 is 1.69 bits per heavy atom. The lowest BCUT2D eigenvalue weighted by molar-refractivity contribution is 0.0919. The highest BCUT2D eigenvalue weighted by molar-refractivity contribution is 7.13. The quantitative estimate of drug-likeness (QED) is 0.200. The average Bonchev–Trinajstić information content (AvgIpc) is 3.53. The van der Waals surface area contributed by atoms with Crippen LogP contribution in [0.5, 0.6) is 0 Å². The molecule has 3 N–H and O–H groups in total. The Hall–Kier alpha value is -3.82. The lowest BCUT2D eigenvalue weighted by Crippen LogP contribution is -2.34. The van der Waals surface area contributed by atoms with Crippen LogP contribution in [0.15, 0.2) is 54.6 Å². The van der Waals surface area contributed by atoms with Crippen molar-refractivity contribution in [1.82, 2.24) is 20.1 Å². The third kappa shape index (κ3) is 6.47. The van der Waals surface area contributed by atoms with E-state index in [0.717, 1.165) is 59.1 Å². The number of carbonyl (C=O) groups is 2. The van der Waals surface area contributed by atoms with Crippen molar-refractivity contribution in [3.8, 4) is 5.69 Å². The number of ketones is 1. The fourth-order valence-electron chi connectivity index (χ4n) is 5.56. The van der Waals surface area contributed by atoms with Gasteiger partial charge in [0.2, 0.25) is 0 Å².